The molecule has 0 aliphatic carbocycles. The monoisotopic (exact) mass is 202 g/mol. The van der Waals surface area contributed by atoms with E-state index >= 15 is 0 Å². The fraction of sp³-hybridized carbons (Fsp3) is 0.400. The summed E-state index contributed by atoms with van der Waals surface area (Å²) in [5.41, 5.74) is 0.891. The number of aryl methyl sites for hydroxylation is 1. The SMILES string of the molecule is Cc1cc(Cl)c(F)c(OC(C)C)c1. The highest BCUT2D eigenvalue weighted by molar-refractivity contribution is 6.30. The highest BCUT2D eigenvalue weighted by Gasteiger charge is 2.10. The average Bonchev–Trinajstić information content (AvgIpc) is 1.98. The smallest absolute Gasteiger partial charge is 0.183 e. The molecule has 72 valence electrons. The molecule has 0 saturated heterocycles. The zero-order valence-corrected chi connectivity index (χ0v) is 8.65. The van der Waals surface area contributed by atoms with E-state index in [1.165, 1.54) is 0 Å². The number of rotatable bonds is 2. The summed E-state index contributed by atoms with van der Waals surface area (Å²) in [7, 11) is 0. The Kier molecular flexibility index (Phi) is 3.15. The number of benzene rings is 1. The predicted octanol–water partition coefficient (Wildman–Crippen LogP) is 3.57. The first kappa shape index (κ1) is 10.3. The van der Waals surface area contributed by atoms with Gasteiger partial charge in [-0.2, -0.15) is 0 Å². The standard InChI is InChI=1S/C10H12ClFO/c1-6(2)13-9-5-7(3)4-8(11)10(9)12/h4-6H,1-3H3. The second-order valence-electron chi connectivity index (χ2n) is 3.23. The fourth-order valence-corrected chi connectivity index (χ4v) is 1.30. The maximum atomic E-state index is 13.3. The Morgan fingerprint density at radius 2 is 2.00 bits per heavy atom. The van der Waals surface area contributed by atoms with E-state index in [1.807, 2.05) is 20.8 Å². The van der Waals surface area contributed by atoms with Gasteiger partial charge in [-0.25, -0.2) is 4.39 Å². The largest absolute Gasteiger partial charge is 0.488 e. The van der Waals surface area contributed by atoms with Crippen molar-refractivity contribution in [1.29, 1.82) is 0 Å². The lowest BCUT2D eigenvalue weighted by molar-refractivity contribution is 0.231. The van der Waals surface area contributed by atoms with Gasteiger partial charge in [0.1, 0.15) is 0 Å². The highest BCUT2D eigenvalue weighted by Crippen LogP contribution is 2.27. The third kappa shape index (κ3) is 2.59. The Morgan fingerprint density at radius 1 is 1.38 bits per heavy atom. The molecule has 0 radical (unpaired) electrons. The summed E-state index contributed by atoms with van der Waals surface area (Å²) in [6.45, 7) is 5.53. The first-order valence-electron chi connectivity index (χ1n) is 4.13. The van der Waals surface area contributed by atoms with E-state index in [0.29, 0.717) is 0 Å². The zero-order chi connectivity index (χ0) is 10.0. The summed E-state index contributed by atoms with van der Waals surface area (Å²) in [6, 6.07) is 3.21. The van der Waals surface area contributed by atoms with Gasteiger partial charge in [-0.1, -0.05) is 11.6 Å². The highest BCUT2D eigenvalue weighted by atomic mass is 35.5. The third-order valence-electron chi connectivity index (χ3n) is 1.50. The lowest BCUT2D eigenvalue weighted by Gasteiger charge is -2.11. The van der Waals surface area contributed by atoms with Crippen molar-refractivity contribution in [3.05, 3.63) is 28.5 Å². The maximum Gasteiger partial charge on any atom is 0.183 e. The van der Waals surface area contributed by atoms with E-state index in [-0.39, 0.29) is 16.9 Å². The Morgan fingerprint density at radius 3 is 2.54 bits per heavy atom. The summed E-state index contributed by atoms with van der Waals surface area (Å²) in [5, 5.41) is 0.107. The van der Waals surface area contributed by atoms with Gasteiger partial charge in [0.05, 0.1) is 11.1 Å². The van der Waals surface area contributed by atoms with Crippen molar-refractivity contribution in [3.8, 4) is 5.75 Å². The fourth-order valence-electron chi connectivity index (χ4n) is 1.03. The molecule has 0 aliphatic rings. The molecule has 0 atom stereocenters. The van der Waals surface area contributed by atoms with Crippen molar-refractivity contribution >= 4 is 11.6 Å². The number of halogens is 2. The minimum absolute atomic E-state index is 0.0487. The van der Waals surface area contributed by atoms with Crippen molar-refractivity contribution < 1.29 is 9.13 Å². The van der Waals surface area contributed by atoms with Crippen molar-refractivity contribution in [1.82, 2.24) is 0 Å². The third-order valence-corrected chi connectivity index (χ3v) is 1.78. The van der Waals surface area contributed by atoms with Gasteiger partial charge in [-0.3, -0.25) is 0 Å². The van der Waals surface area contributed by atoms with Crippen molar-refractivity contribution in [2.24, 2.45) is 0 Å². The number of hydrogen-bond acceptors (Lipinski definition) is 1. The van der Waals surface area contributed by atoms with E-state index in [2.05, 4.69) is 0 Å². The molecule has 1 aromatic carbocycles. The molecule has 0 heterocycles. The number of hydrogen-bond donors (Lipinski definition) is 0. The van der Waals surface area contributed by atoms with Gasteiger partial charge in [-0.15, -0.1) is 0 Å². The molecule has 0 aliphatic heterocycles. The number of ether oxygens (including phenoxy) is 1. The molecule has 0 bridgehead atoms. The van der Waals surface area contributed by atoms with Crippen LogP contribution in [0.25, 0.3) is 0 Å². The quantitative estimate of drug-likeness (QED) is 0.713. The van der Waals surface area contributed by atoms with Crippen LogP contribution in [0, 0.1) is 12.7 Å². The zero-order valence-electron chi connectivity index (χ0n) is 7.90. The van der Waals surface area contributed by atoms with Crippen LogP contribution in [0.5, 0.6) is 5.75 Å². The van der Waals surface area contributed by atoms with Gasteiger partial charge in [-0.05, 0) is 38.5 Å². The minimum atomic E-state index is -0.485. The second-order valence-corrected chi connectivity index (χ2v) is 3.63. The summed E-state index contributed by atoms with van der Waals surface area (Å²) < 4.78 is 18.5. The lowest BCUT2D eigenvalue weighted by Crippen LogP contribution is -2.07. The molecular weight excluding hydrogens is 191 g/mol. The van der Waals surface area contributed by atoms with Crippen LogP contribution in [0.2, 0.25) is 5.02 Å². The summed E-state index contributed by atoms with van der Waals surface area (Å²) in [5.74, 6) is -0.263. The molecule has 0 spiro atoms. The van der Waals surface area contributed by atoms with E-state index in [9.17, 15) is 4.39 Å². The molecule has 0 saturated carbocycles. The lowest BCUT2D eigenvalue weighted by atomic mass is 10.2. The van der Waals surface area contributed by atoms with Crippen LogP contribution in [0.4, 0.5) is 4.39 Å². The van der Waals surface area contributed by atoms with Crippen LogP contribution in [-0.4, -0.2) is 6.10 Å². The van der Waals surface area contributed by atoms with Crippen LogP contribution in [0.1, 0.15) is 19.4 Å². The summed E-state index contributed by atoms with van der Waals surface area (Å²) in [6.07, 6.45) is -0.0487. The summed E-state index contributed by atoms with van der Waals surface area (Å²) >= 11 is 5.65. The Bertz CT molecular complexity index is 310. The van der Waals surface area contributed by atoms with E-state index in [1.54, 1.807) is 12.1 Å². The summed E-state index contributed by atoms with van der Waals surface area (Å²) in [4.78, 5) is 0. The van der Waals surface area contributed by atoms with Crippen molar-refractivity contribution in [2.75, 3.05) is 0 Å². The molecule has 0 fully saturated rings. The maximum absolute atomic E-state index is 13.3. The van der Waals surface area contributed by atoms with Crippen LogP contribution >= 0.6 is 11.6 Å². The minimum Gasteiger partial charge on any atom is -0.488 e. The van der Waals surface area contributed by atoms with Gasteiger partial charge >= 0.3 is 0 Å². The molecule has 0 N–H and O–H groups in total. The second kappa shape index (κ2) is 3.97. The van der Waals surface area contributed by atoms with Gasteiger partial charge in [0, 0.05) is 0 Å². The van der Waals surface area contributed by atoms with Crippen LogP contribution in [0.3, 0.4) is 0 Å². The first-order valence-corrected chi connectivity index (χ1v) is 4.51. The van der Waals surface area contributed by atoms with Crippen LogP contribution < -0.4 is 4.74 Å². The van der Waals surface area contributed by atoms with Crippen LogP contribution in [0.15, 0.2) is 12.1 Å². The van der Waals surface area contributed by atoms with Gasteiger partial charge in [0.15, 0.2) is 11.6 Å². The van der Waals surface area contributed by atoms with E-state index in [4.69, 9.17) is 16.3 Å². The molecule has 1 aromatic rings. The molecule has 0 amide bonds. The Labute approximate surface area is 82.5 Å². The molecule has 0 unspecified atom stereocenters. The molecule has 3 heteroatoms. The Balaban J connectivity index is 3.05. The Hall–Kier alpha value is -0.760. The molecule has 13 heavy (non-hydrogen) atoms. The molecular formula is C10H12ClFO. The van der Waals surface area contributed by atoms with E-state index in [0.717, 1.165) is 5.56 Å². The van der Waals surface area contributed by atoms with Crippen molar-refractivity contribution in [2.45, 2.75) is 26.9 Å². The predicted molar refractivity (Wildman–Crippen MR) is 51.9 cm³/mol. The normalized spacial score (nSPS) is 10.6. The van der Waals surface area contributed by atoms with Gasteiger partial charge in [0.25, 0.3) is 0 Å². The van der Waals surface area contributed by atoms with Crippen molar-refractivity contribution in [3.63, 3.8) is 0 Å². The first-order chi connectivity index (χ1) is 6.00. The van der Waals surface area contributed by atoms with E-state index < -0.39 is 5.82 Å². The topological polar surface area (TPSA) is 9.23 Å². The molecule has 0 aromatic heterocycles. The van der Waals surface area contributed by atoms with Crippen LogP contribution in [-0.2, 0) is 0 Å². The van der Waals surface area contributed by atoms with Gasteiger partial charge < -0.3 is 4.74 Å². The average molecular weight is 203 g/mol. The molecule has 1 nitrogen and oxygen atoms in total. The molecule has 1 rings (SSSR count). The van der Waals surface area contributed by atoms with Gasteiger partial charge in [0.2, 0.25) is 0 Å².